The molecule has 4 amide bonds. The number of carbonyl (C=O) groups excluding carboxylic acids is 3. The Kier molecular flexibility index (Phi) is 3.97. The number of nitrogens with zero attached hydrogens (tertiary/aromatic N) is 1. The first kappa shape index (κ1) is 14.5. The highest BCUT2D eigenvalue weighted by molar-refractivity contribution is 6.19. The van der Waals surface area contributed by atoms with Gasteiger partial charge in [0.2, 0.25) is 11.8 Å². The first-order valence-electron chi connectivity index (χ1n) is 7.92. The molecule has 116 valence electrons. The number of ether oxygens (including phenoxy) is 1. The van der Waals surface area contributed by atoms with Gasteiger partial charge in [-0.15, -0.1) is 0 Å². The maximum Gasteiger partial charge on any atom is 0.330 e. The zero-order chi connectivity index (χ0) is 14.9. The second-order valence-electron chi connectivity index (χ2n) is 6.28. The molecule has 2 saturated carbocycles. The molecule has 6 heteroatoms. The van der Waals surface area contributed by atoms with Crippen LogP contribution in [0.4, 0.5) is 4.79 Å². The molecule has 21 heavy (non-hydrogen) atoms. The third kappa shape index (κ3) is 2.57. The maximum atomic E-state index is 12.6. The van der Waals surface area contributed by atoms with Gasteiger partial charge in [-0.25, -0.2) is 4.79 Å². The molecule has 3 rings (SSSR count). The SMILES string of the molecule is O=C1NC(=O)C2(CCCC2)C(=O)N1CCOC1CCCC1. The van der Waals surface area contributed by atoms with Crippen LogP contribution in [0, 0.1) is 5.41 Å². The van der Waals surface area contributed by atoms with E-state index in [1.165, 1.54) is 17.7 Å². The summed E-state index contributed by atoms with van der Waals surface area (Å²) in [4.78, 5) is 37.7. The lowest BCUT2D eigenvalue weighted by atomic mass is 9.82. The fourth-order valence-electron chi connectivity index (χ4n) is 3.72. The van der Waals surface area contributed by atoms with E-state index in [1.54, 1.807) is 0 Å². The van der Waals surface area contributed by atoms with Crippen LogP contribution in [0.5, 0.6) is 0 Å². The Hall–Kier alpha value is -1.43. The fraction of sp³-hybridized carbons (Fsp3) is 0.800. The second kappa shape index (κ2) is 5.75. The molecule has 0 aromatic heterocycles. The Labute approximate surface area is 124 Å². The molecule has 3 aliphatic rings. The predicted molar refractivity (Wildman–Crippen MR) is 74.4 cm³/mol. The van der Waals surface area contributed by atoms with E-state index in [9.17, 15) is 14.4 Å². The average molecular weight is 294 g/mol. The van der Waals surface area contributed by atoms with Gasteiger partial charge in [0.25, 0.3) is 0 Å². The summed E-state index contributed by atoms with van der Waals surface area (Å²) >= 11 is 0. The van der Waals surface area contributed by atoms with E-state index in [2.05, 4.69) is 5.32 Å². The Balaban J connectivity index is 1.61. The summed E-state index contributed by atoms with van der Waals surface area (Å²) in [6, 6.07) is -0.599. The quantitative estimate of drug-likeness (QED) is 0.799. The summed E-state index contributed by atoms with van der Waals surface area (Å²) in [6.45, 7) is 0.588. The Bertz CT molecular complexity index is 451. The summed E-state index contributed by atoms with van der Waals surface area (Å²) < 4.78 is 5.72. The lowest BCUT2D eigenvalue weighted by molar-refractivity contribution is -0.151. The minimum Gasteiger partial charge on any atom is -0.376 e. The minimum absolute atomic E-state index is 0.232. The number of hydrogen-bond donors (Lipinski definition) is 1. The van der Waals surface area contributed by atoms with Gasteiger partial charge in [0.15, 0.2) is 0 Å². The number of hydrogen-bond acceptors (Lipinski definition) is 4. The lowest BCUT2D eigenvalue weighted by Crippen LogP contribution is -2.63. The molecule has 1 aliphatic heterocycles. The van der Waals surface area contributed by atoms with Crippen LogP contribution in [0.15, 0.2) is 0 Å². The van der Waals surface area contributed by atoms with Gasteiger partial charge in [-0.2, -0.15) is 0 Å². The van der Waals surface area contributed by atoms with Crippen molar-refractivity contribution in [2.24, 2.45) is 5.41 Å². The van der Waals surface area contributed by atoms with Gasteiger partial charge in [-0.3, -0.25) is 19.8 Å². The van der Waals surface area contributed by atoms with E-state index in [1.807, 2.05) is 0 Å². The summed E-state index contributed by atoms with van der Waals surface area (Å²) in [5.41, 5.74) is -0.999. The van der Waals surface area contributed by atoms with Crippen LogP contribution in [0.1, 0.15) is 51.4 Å². The van der Waals surface area contributed by atoms with Crippen molar-refractivity contribution in [1.82, 2.24) is 10.2 Å². The van der Waals surface area contributed by atoms with Crippen LogP contribution in [0.25, 0.3) is 0 Å². The first-order valence-corrected chi connectivity index (χ1v) is 7.92. The van der Waals surface area contributed by atoms with Crippen molar-refractivity contribution in [3.05, 3.63) is 0 Å². The van der Waals surface area contributed by atoms with Crippen LogP contribution >= 0.6 is 0 Å². The summed E-state index contributed by atoms with van der Waals surface area (Å²) in [7, 11) is 0. The molecule has 0 aromatic carbocycles. The molecule has 0 aromatic rings. The van der Waals surface area contributed by atoms with Crippen LogP contribution in [0.3, 0.4) is 0 Å². The topological polar surface area (TPSA) is 75.7 Å². The summed E-state index contributed by atoms with van der Waals surface area (Å²) in [6.07, 6.45) is 7.56. The Morgan fingerprint density at radius 2 is 1.76 bits per heavy atom. The van der Waals surface area contributed by atoms with Gasteiger partial charge >= 0.3 is 6.03 Å². The van der Waals surface area contributed by atoms with Crippen LogP contribution in [-0.2, 0) is 14.3 Å². The van der Waals surface area contributed by atoms with Gasteiger partial charge in [0, 0.05) is 0 Å². The molecule has 3 fully saturated rings. The van der Waals surface area contributed by atoms with Gasteiger partial charge < -0.3 is 4.74 Å². The molecular formula is C15H22N2O4. The van der Waals surface area contributed by atoms with Crippen LogP contribution in [0.2, 0.25) is 0 Å². The second-order valence-corrected chi connectivity index (χ2v) is 6.28. The number of urea groups is 1. The number of carbonyl (C=O) groups is 3. The summed E-state index contributed by atoms with van der Waals surface area (Å²) in [5, 5.41) is 2.34. The molecule has 1 saturated heterocycles. The van der Waals surface area contributed by atoms with Crippen molar-refractivity contribution in [2.45, 2.75) is 57.5 Å². The smallest absolute Gasteiger partial charge is 0.330 e. The van der Waals surface area contributed by atoms with Gasteiger partial charge in [0.1, 0.15) is 5.41 Å². The van der Waals surface area contributed by atoms with Crippen molar-refractivity contribution >= 4 is 17.8 Å². The maximum absolute atomic E-state index is 12.6. The van der Waals surface area contributed by atoms with E-state index < -0.39 is 17.4 Å². The average Bonchev–Trinajstić information content (AvgIpc) is 3.13. The largest absolute Gasteiger partial charge is 0.376 e. The van der Waals surface area contributed by atoms with Gasteiger partial charge in [0.05, 0.1) is 19.3 Å². The van der Waals surface area contributed by atoms with Gasteiger partial charge in [-0.1, -0.05) is 25.7 Å². The number of rotatable bonds is 4. The monoisotopic (exact) mass is 294 g/mol. The van der Waals surface area contributed by atoms with Crippen molar-refractivity contribution in [2.75, 3.05) is 13.2 Å². The standard InChI is InChI=1S/C15H22N2O4/c18-12-15(7-3-4-8-15)13(19)17(14(20)16-12)9-10-21-11-5-1-2-6-11/h11H,1-10H2,(H,16,18,20). The number of nitrogens with one attached hydrogen (secondary N) is 1. The molecule has 2 aliphatic carbocycles. The number of amides is 4. The van der Waals surface area contributed by atoms with Gasteiger partial charge in [-0.05, 0) is 25.7 Å². The normalized spacial score (nSPS) is 25.9. The van der Waals surface area contributed by atoms with E-state index in [4.69, 9.17) is 4.74 Å². The van der Waals surface area contributed by atoms with E-state index in [0.29, 0.717) is 19.4 Å². The van der Waals surface area contributed by atoms with E-state index >= 15 is 0 Å². The highest BCUT2D eigenvalue weighted by Gasteiger charge is 2.54. The molecule has 0 radical (unpaired) electrons. The van der Waals surface area contributed by atoms with E-state index in [-0.39, 0.29) is 18.6 Å². The highest BCUT2D eigenvalue weighted by atomic mass is 16.5. The molecule has 0 atom stereocenters. The Morgan fingerprint density at radius 3 is 2.43 bits per heavy atom. The predicted octanol–water partition coefficient (Wildman–Crippen LogP) is 1.58. The molecule has 0 bridgehead atoms. The van der Waals surface area contributed by atoms with E-state index in [0.717, 1.165) is 25.7 Å². The van der Waals surface area contributed by atoms with Crippen molar-refractivity contribution in [3.63, 3.8) is 0 Å². The van der Waals surface area contributed by atoms with Crippen LogP contribution in [-0.4, -0.2) is 42.0 Å². The molecule has 0 unspecified atom stereocenters. The molecular weight excluding hydrogens is 272 g/mol. The van der Waals surface area contributed by atoms with Crippen molar-refractivity contribution in [1.29, 1.82) is 0 Å². The summed E-state index contributed by atoms with van der Waals surface area (Å²) in [5.74, 6) is -0.744. The Morgan fingerprint density at radius 1 is 1.10 bits per heavy atom. The van der Waals surface area contributed by atoms with Crippen molar-refractivity contribution < 1.29 is 19.1 Å². The zero-order valence-corrected chi connectivity index (χ0v) is 12.2. The number of barbiturate groups is 1. The van der Waals surface area contributed by atoms with Crippen molar-refractivity contribution in [3.8, 4) is 0 Å². The zero-order valence-electron chi connectivity index (χ0n) is 12.2. The van der Waals surface area contributed by atoms with Crippen LogP contribution < -0.4 is 5.32 Å². The third-order valence-corrected chi connectivity index (χ3v) is 4.98. The molecule has 1 spiro atoms. The molecule has 1 heterocycles. The minimum atomic E-state index is -0.999. The highest BCUT2D eigenvalue weighted by Crippen LogP contribution is 2.41. The first-order chi connectivity index (χ1) is 10.1. The third-order valence-electron chi connectivity index (χ3n) is 4.98. The number of imide groups is 2. The molecule has 6 nitrogen and oxygen atoms in total. The lowest BCUT2D eigenvalue weighted by Gasteiger charge is -2.36. The fourth-order valence-corrected chi connectivity index (χ4v) is 3.72. The molecule has 1 N–H and O–H groups in total.